The van der Waals surface area contributed by atoms with Crippen molar-refractivity contribution in [2.45, 2.75) is 49.0 Å². The van der Waals surface area contributed by atoms with Gasteiger partial charge in [0.25, 0.3) is 0 Å². The van der Waals surface area contributed by atoms with Gasteiger partial charge in [0.1, 0.15) is 5.54 Å². The number of hydrogen-bond donors (Lipinski definition) is 2. The summed E-state index contributed by atoms with van der Waals surface area (Å²) in [7, 11) is 0. The number of alkyl halides is 2. The third-order valence-corrected chi connectivity index (χ3v) is 5.87. The van der Waals surface area contributed by atoms with Gasteiger partial charge < -0.3 is 10.8 Å². The molecule has 3 rings (SSSR count). The van der Waals surface area contributed by atoms with Gasteiger partial charge in [-0.05, 0) is 54.2 Å². The number of fused-ring (bicyclic) bond motifs is 5. The molecule has 1 fully saturated rings. The Labute approximate surface area is 140 Å². The summed E-state index contributed by atoms with van der Waals surface area (Å²) in [6.07, 6.45) is 3.17. The molecule has 3 atom stereocenters. The zero-order valence-electron chi connectivity index (χ0n) is 12.4. The molecule has 0 amide bonds. The lowest BCUT2D eigenvalue weighted by molar-refractivity contribution is -0.143. The molecular weight excluding hydrogens is 321 g/mol. The summed E-state index contributed by atoms with van der Waals surface area (Å²) in [5.41, 5.74) is 8.72. The zero-order chi connectivity index (χ0) is 15.9. The van der Waals surface area contributed by atoms with Crippen molar-refractivity contribution in [2.75, 3.05) is 11.8 Å². The van der Waals surface area contributed by atoms with Gasteiger partial charge in [-0.3, -0.25) is 4.79 Å². The normalized spacial score (nSPS) is 29.1. The van der Waals surface area contributed by atoms with Crippen LogP contribution in [0.15, 0.2) is 18.2 Å². The molecule has 22 heavy (non-hydrogen) atoms. The summed E-state index contributed by atoms with van der Waals surface area (Å²) in [4.78, 5) is 11.6. The van der Waals surface area contributed by atoms with Gasteiger partial charge in [0.05, 0.1) is 0 Å². The van der Waals surface area contributed by atoms with Gasteiger partial charge in [-0.2, -0.15) is 0 Å². The topological polar surface area (TPSA) is 63.3 Å². The van der Waals surface area contributed by atoms with E-state index in [4.69, 9.17) is 28.9 Å². The van der Waals surface area contributed by atoms with Gasteiger partial charge in [-0.15, -0.1) is 23.2 Å². The number of carbonyl (C=O) groups is 1. The monoisotopic (exact) mass is 341 g/mol. The van der Waals surface area contributed by atoms with Crippen LogP contribution in [0.4, 0.5) is 0 Å². The van der Waals surface area contributed by atoms with Gasteiger partial charge in [0.15, 0.2) is 0 Å². The molecule has 0 saturated heterocycles. The van der Waals surface area contributed by atoms with Crippen molar-refractivity contribution < 1.29 is 9.90 Å². The van der Waals surface area contributed by atoms with Crippen LogP contribution in [0, 0.1) is 0 Å². The predicted molar refractivity (Wildman–Crippen MR) is 89.1 cm³/mol. The number of halogens is 2. The van der Waals surface area contributed by atoms with Gasteiger partial charge in [-0.1, -0.05) is 18.2 Å². The van der Waals surface area contributed by atoms with Crippen LogP contribution in [0.3, 0.4) is 0 Å². The molecule has 2 aliphatic rings. The van der Waals surface area contributed by atoms with Crippen molar-refractivity contribution in [3.8, 4) is 0 Å². The molecule has 3 N–H and O–H groups in total. The molecule has 0 radical (unpaired) electrons. The molecular formula is C17H21Cl2NO2. The summed E-state index contributed by atoms with van der Waals surface area (Å²) < 4.78 is 0. The van der Waals surface area contributed by atoms with E-state index in [1.54, 1.807) is 0 Å². The predicted octanol–water partition coefficient (Wildman–Crippen LogP) is 3.78. The minimum absolute atomic E-state index is 0.0717. The van der Waals surface area contributed by atoms with Gasteiger partial charge >= 0.3 is 5.97 Å². The van der Waals surface area contributed by atoms with Crippen LogP contribution >= 0.6 is 23.2 Å². The zero-order valence-corrected chi connectivity index (χ0v) is 13.9. The quantitative estimate of drug-likeness (QED) is 0.773. The average Bonchev–Trinajstić information content (AvgIpc) is 3.02. The van der Waals surface area contributed by atoms with E-state index in [0.29, 0.717) is 24.1 Å². The van der Waals surface area contributed by atoms with Crippen molar-refractivity contribution in [2.24, 2.45) is 5.73 Å². The molecule has 3 nitrogen and oxygen atoms in total. The van der Waals surface area contributed by atoms with Crippen molar-refractivity contribution in [1.29, 1.82) is 0 Å². The fourth-order valence-corrected chi connectivity index (χ4v) is 4.79. The fourth-order valence-electron chi connectivity index (χ4n) is 4.27. The van der Waals surface area contributed by atoms with E-state index < -0.39 is 11.5 Å². The summed E-state index contributed by atoms with van der Waals surface area (Å²) in [6, 6.07) is 6.47. The van der Waals surface area contributed by atoms with Crippen molar-refractivity contribution >= 4 is 29.2 Å². The SMILES string of the molecule is NC1(C(=O)O)CC2CC1c1cc(C(CCCl)CCCl)ccc12. The highest BCUT2D eigenvalue weighted by Crippen LogP contribution is 2.57. The fraction of sp³-hybridized carbons (Fsp3) is 0.588. The van der Waals surface area contributed by atoms with E-state index in [1.807, 2.05) is 0 Å². The first kappa shape index (κ1) is 16.1. The van der Waals surface area contributed by atoms with E-state index in [-0.39, 0.29) is 11.8 Å². The van der Waals surface area contributed by atoms with Crippen molar-refractivity contribution in [1.82, 2.24) is 0 Å². The van der Waals surface area contributed by atoms with Crippen LogP contribution in [0.25, 0.3) is 0 Å². The lowest BCUT2D eigenvalue weighted by atomic mass is 9.76. The van der Waals surface area contributed by atoms with Gasteiger partial charge in [0, 0.05) is 17.7 Å². The molecule has 3 unspecified atom stereocenters. The number of carboxylic acid groups (broad SMARTS) is 1. The van der Waals surface area contributed by atoms with Crippen LogP contribution < -0.4 is 5.73 Å². The third-order valence-electron chi connectivity index (χ3n) is 5.44. The second kappa shape index (κ2) is 6.03. The molecule has 1 saturated carbocycles. The summed E-state index contributed by atoms with van der Waals surface area (Å²) in [6.45, 7) is 0. The van der Waals surface area contributed by atoms with Crippen molar-refractivity contribution in [3.05, 3.63) is 34.9 Å². The number of rotatable bonds is 6. The minimum atomic E-state index is -1.11. The van der Waals surface area contributed by atoms with E-state index in [0.717, 1.165) is 24.8 Å². The molecule has 5 heteroatoms. The molecule has 1 aromatic rings. The molecule has 0 heterocycles. The van der Waals surface area contributed by atoms with Gasteiger partial charge in [-0.25, -0.2) is 0 Å². The molecule has 120 valence electrons. The number of aliphatic carboxylic acids is 1. The molecule has 0 aromatic heterocycles. The van der Waals surface area contributed by atoms with E-state index in [1.165, 1.54) is 11.1 Å². The molecule has 2 bridgehead atoms. The molecule has 2 aliphatic carbocycles. The Bertz CT molecular complexity index is 586. The van der Waals surface area contributed by atoms with E-state index >= 15 is 0 Å². The number of carboxylic acids is 1. The third kappa shape index (κ3) is 2.44. The highest BCUT2D eigenvalue weighted by molar-refractivity contribution is 6.18. The Morgan fingerprint density at radius 2 is 2.00 bits per heavy atom. The Kier molecular flexibility index (Phi) is 4.41. The standard InChI is InChI=1S/C17H21Cl2NO2/c18-5-3-10(4-6-19)11-1-2-13-12-8-15(14(13)7-11)17(20,9-12)16(21)22/h1-2,7,10,12,15H,3-6,8-9,20H2,(H,21,22). The molecule has 0 aliphatic heterocycles. The van der Waals surface area contributed by atoms with Crippen molar-refractivity contribution in [3.63, 3.8) is 0 Å². The second-order valence-electron chi connectivity index (χ2n) is 6.58. The first-order valence-corrected chi connectivity index (χ1v) is 8.86. The maximum absolute atomic E-state index is 11.6. The Morgan fingerprint density at radius 3 is 2.59 bits per heavy atom. The summed E-state index contributed by atoms with van der Waals surface area (Å²) in [5, 5.41) is 9.51. The van der Waals surface area contributed by atoms with Crippen LogP contribution in [0.2, 0.25) is 0 Å². The highest BCUT2D eigenvalue weighted by Gasteiger charge is 2.56. The van der Waals surface area contributed by atoms with E-state index in [9.17, 15) is 9.90 Å². The average molecular weight is 342 g/mol. The first-order valence-electron chi connectivity index (χ1n) is 7.79. The largest absolute Gasteiger partial charge is 0.480 e. The first-order chi connectivity index (χ1) is 10.5. The number of hydrogen-bond acceptors (Lipinski definition) is 2. The minimum Gasteiger partial charge on any atom is -0.480 e. The Balaban J connectivity index is 1.95. The second-order valence-corrected chi connectivity index (χ2v) is 7.33. The van der Waals surface area contributed by atoms with Crippen LogP contribution in [-0.2, 0) is 4.79 Å². The summed E-state index contributed by atoms with van der Waals surface area (Å²) in [5.74, 6) is 0.860. The number of benzene rings is 1. The Morgan fingerprint density at radius 1 is 1.32 bits per heavy atom. The van der Waals surface area contributed by atoms with E-state index in [2.05, 4.69) is 18.2 Å². The summed E-state index contributed by atoms with van der Waals surface area (Å²) >= 11 is 11.8. The smallest absolute Gasteiger partial charge is 0.324 e. The lowest BCUT2D eigenvalue weighted by Gasteiger charge is -2.31. The van der Waals surface area contributed by atoms with Crippen LogP contribution in [0.5, 0.6) is 0 Å². The highest BCUT2D eigenvalue weighted by atomic mass is 35.5. The van der Waals surface area contributed by atoms with Gasteiger partial charge in [0.2, 0.25) is 0 Å². The maximum Gasteiger partial charge on any atom is 0.324 e. The lowest BCUT2D eigenvalue weighted by Crippen LogP contribution is -2.51. The van der Waals surface area contributed by atoms with Crippen LogP contribution in [0.1, 0.15) is 60.1 Å². The Hall–Kier alpha value is -0.770. The maximum atomic E-state index is 11.6. The molecule has 0 spiro atoms. The van der Waals surface area contributed by atoms with Crippen LogP contribution in [-0.4, -0.2) is 28.4 Å². The number of nitrogens with two attached hydrogens (primary N) is 1. The molecule has 1 aromatic carbocycles.